The molecule has 34 heavy (non-hydrogen) atoms. The van der Waals surface area contributed by atoms with E-state index in [2.05, 4.69) is 70.5 Å². The van der Waals surface area contributed by atoms with Gasteiger partial charge in [0.1, 0.15) is 5.75 Å². The summed E-state index contributed by atoms with van der Waals surface area (Å²) in [5.74, 6) is 2.40. The summed E-state index contributed by atoms with van der Waals surface area (Å²) in [6, 6.07) is 22.0. The third kappa shape index (κ3) is 3.47. The number of fused-ring (bicyclic) bond motifs is 7. The summed E-state index contributed by atoms with van der Waals surface area (Å²) in [5.41, 5.74) is 4.24. The zero-order chi connectivity index (χ0) is 23.2. The summed E-state index contributed by atoms with van der Waals surface area (Å²) in [5, 5.41) is 4.95. The Bertz CT molecular complexity index is 1370. The van der Waals surface area contributed by atoms with E-state index in [1.165, 1.54) is 38.2 Å². The second kappa shape index (κ2) is 8.49. The van der Waals surface area contributed by atoms with Crippen molar-refractivity contribution < 1.29 is 14.2 Å². The van der Waals surface area contributed by atoms with E-state index in [4.69, 9.17) is 14.2 Å². The number of hydrogen-bond acceptors (Lipinski definition) is 5. The average Bonchev–Trinajstić information content (AvgIpc) is 3.28. The zero-order valence-electron chi connectivity index (χ0n) is 20.0. The van der Waals surface area contributed by atoms with Crippen molar-refractivity contribution in [2.24, 2.45) is 0 Å². The van der Waals surface area contributed by atoms with Gasteiger partial charge >= 0.3 is 0 Å². The van der Waals surface area contributed by atoms with Gasteiger partial charge in [0.2, 0.25) is 0 Å². The summed E-state index contributed by atoms with van der Waals surface area (Å²) in [6.07, 6.45) is 1.04. The van der Waals surface area contributed by atoms with Crippen LogP contribution in [0.15, 0.2) is 60.7 Å². The monoisotopic (exact) mass is 454 g/mol. The fraction of sp³-hybridized carbons (Fsp3) is 0.310. The second-order valence-electron chi connectivity index (χ2n) is 9.36. The molecule has 0 unspecified atom stereocenters. The van der Waals surface area contributed by atoms with E-state index in [0.717, 1.165) is 50.0 Å². The Morgan fingerprint density at radius 3 is 2.24 bits per heavy atom. The minimum atomic E-state index is 0.517. The third-order valence-electron chi connectivity index (χ3n) is 7.47. The Labute approximate surface area is 200 Å². The highest BCUT2D eigenvalue weighted by atomic mass is 16.5. The molecule has 6 rings (SSSR count). The molecule has 2 aliphatic heterocycles. The maximum absolute atomic E-state index is 5.69. The van der Waals surface area contributed by atoms with Crippen molar-refractivity contribution in [3.8, 4) is 17.2 Å². The number of ether oxygens (including phenoxy) is 3. The van der Waals surface area contributed by atoms with Crippen molar-refractivity contribution in [3.63, 3.8) is 0 Å². The SMILES string of the molecule is COc1ccc2c3c(c4cc(OC)c(OC)cc4c2c1)C[C@H]1CN(Cc2ccccc2)CN1C3. The summed E-state index contributed by atoms with van der Waals surface area (Å²) < 4.78 is 16.9. The van der Waals surface area contributed by atoms with E-state index < -0.39 is 0 Å². The molecule has 0 radical (unpaired) electrons. The van der Waals surface area contributed by atoms with Gasteiger partial charge in [0.05, 0.1) is 28.0 Å². The molecule has 5 heteroatoms. The van der Waals surface area contributed by atoms with Gasteiger partial charge in [-0.2, -0.15) is 0 Å². The third-order valence-corrected chi connectivity index (χ3v) is 7.47. The smallest absolute Gasteiger partial charge is 0.161 e. The van der Waals surface area contributed by atoms with E-state index in [-0.39, 0.29) is 0 Å². The van der Waals surface area contributed by atoms with E-state index in [1.54, 1.807) is 21.3 Å². The van der Waals surface area contributed by atoms with Crippen molar-refractivity contribution in [3.05, 3.63) is 77.4 Å². The van der Waals surface area contributed by atoms with E-state index in [1.807, 2.05) is 0 Å². The van der Waals surface area contributed by atoms with Crippen LogP contribution < -0.4 is 14.2 Å². The molecule has 174 valence electrons. The summed E-state index contributed by atoms with van der Waals surface area (Å²) in [4.78, 5) is 5.21. The Kier molecular flexibility index (Phi) is 5.31. The largest absolute Gasteiger partial charge is 0.497 e. The molecule has 0 bridgehead atoms. The fourth-order valence-corrected chi connectivity index (χ4v) is 5.84. The molecule has 0 amide bonds. The molecule has 0 N–H and O–H groups in total. The van der Waals surface area contributed by atoms with Crippen LogP contribution in [0.1, 0.15) is 16.7 Å². The van der Waals surface area contributed by atoms with Crippen molar-refractivity contribution >= 4 is 21.5 Å². The number of rotatable bonds is 5. The molecule has 0 aromatic heterocycles. The van der Waals surface area contributed by atoms with Gasteiger partial charge in [0.15, 0.2) is 11.5 Å². The van der Waals surface area contributed by atoms with E-state index in [0.29, 0.717) is 6.04 Å². The lowest BCUT2D eigenvalue weighted by molar-refractivity contribution is 0.202. The summed E-state index contributed by atoms with van der Waals surface area (Å²) >= 11 is 0. The number of benzene rings is 4. The van der Waals surface area contributed by atoms with Gasteiger partial charge in [-0.15, -0.1) is 0 Å². The van der Waals surface area contributed by atoms with Crippen LogP contribution in [0.2, 0.25) is 0 Å². The van der Waals surface area contributed by atoms with Gasteiger partial charge in [0.25, 0.3) is 0 Å². The average molecular weight is 455 g/mol. The lowest BCUT2D eigenvalue weighted by Gasteiger charge is -2.32. The predicted molar refractivity (Wildman–Crippen MR) is 136 cm³/mol. The van der Waals surface area contributed by atoms with Crippen LogP contribution in [0, 0.1) is 0 Å². The minimum absolute atomic E-state index is 0.517. The molecule has 5 nitrogen and oxygen atoms in total. The van der Waals surface area contributed by atoms with Crippen LogP contribution in [0.25, 0.3) is 21.5 Å². The minimum Gasteiger partial charge on any atom is -0.497 e. The molecule has 0 saturated carbocycles. The quantitative estimate of drug-likeness (QED) is 0.386. The highest BCUT2D eigenvalue weighted by molar-refractivity contribution is 6.12. The topological polar surface area (TPSA) is 34.2 Å². The van der Waals surface area contributed by atoms with E-state index in [9.17, 15) is 0 Å². The van der Waals surface area contributed by atoms with Crippen LogP contribution >= 0.6 is 0 Å². The fourth-order valence-electron chi connectivity index (χ4n) is 5.84. The first-order valence-corrected chi connectivity index (χ1v) is 11.9. The highest BCUT2D eigenvalue weighted by Gasteiger charge is 2.36. The van der Waals surface area contributed by atoms with Crippen LogP contribution in [-0.2, 0) is 19.5 Å². The Morgan fingerprint density at radius 1 is 0.765 bits per heavy atom. The molecule has 4 aromatic carbocycles. The Morgan fingerprint density at radius 2 is 1.50 bits per heavy atom. The molecule has 1 saturated heterocycles. The normalized spacial score (nSPS) is 18.1. The van der Waals surface area contributed by atoms with Gasteiger partial charge in [-0.05, 0) is 68.9 Å². The standard InChI is InChI=1S/C29H30N2O3/c1-32-21-9-10-22-24(12-21)26-14-29(34-3)28(33-2)13-25(26)23-11-20-16-30(18-31(20)17-27(22)23)15-19-7-5-4-6-8-19/h4-10,12-14,20H,11,15-18H2,1-3H3/t20-/m0/s1. The first kappa shape index (κ1) is 21.3. The molecular formula is C29H30N2O3. The van der Waals surface area contributed by atoms with Gasteiger partial charge in [-0.1, -0.05) is 36.4 Å². The summed E-state index contributed by atoms with van der Waals surface area (Å²) in [7, 11) is 5.13. The Hall–Kier alpha value is -3.28. The van der Waals surface area contributed by atoms with Gasteiger partial charge in [0, 0.05) is 25.7 Å². The molecule has 4 aromatic rings. The maximum atomic E-state index is 5.69. The number of nitrogens with zero attached hydrogens (tertiary/aromatic N) is 2. The number of hydrogen-bond donors (Lipinski definition) is 0. The summed E-state index contributed by atoms with van der Waals surface area (Å²) in [6.45, 7) is 4.04. The van der Waals surface area contributed by atoms with Crippen LogP contribution in [0.4, 0.5) is 0 Å². The van der Waals surface area contributed by atoms with Crippen LogP contribution in [-0.4, -0.2) is 50.4 Å². The molecule has 0 aliphatic carbocycles. The van der Waals surface area contributed by atoms with E-state index >= 15 is 0 Å². The second-order valence-corrected chi connectivity index (χ2v) is 9.36. The zero-order valence-corrected chi connectivity index (χ0v) is 20.0. The van der Waals surface area contributed by atoms with Crippen molar-refractivity contribution in [1.29, 1.82) is 0 Å². The van der Waals surface area contributed by atoms with Crippen molar-refractivity contribution in [1.82, 2.24) is 9.80 Å². The van der Waals surface area contributed by atoms with Crippen LogP contribution in [0.5, 0.6) is 17.2 Å². The number of methoxy groups -OCH3 is 3. The first-order chi connectivity index (χ1) is 16.7. The lowest BCUT2D eigenvalue weighted by Crippen LogP contribution is -2.36. The van der Waals surface area contributed by atoms with Gasteiger partial charge in [-0.25, -0.2) is 0 Å². The van der Waals surface area contributed by atoms with Crippen molar-refractivity contribution in [2.45, 2.75) is 25.6 Å². The molecule has 1 fully saturated rings. The first-order valence-electron chi connectivity index (χ1n) is 11.9. The van der Waals surface area contributed by atoms with Gasteiger partial charge in [-0.3, -0.25) is 9.80 Å². The molecule has 0 spiro atoms. The Balaban J connectivity index is 1.46. The van der Waals surface area contributed by atoms with Crippen LogP contribution in [0.3, 0.4) is 0 Å². The molecule has 1 atom stereocenters. The molecular weight excluding hydrogens is 424 g/mol. The molecule has 2 aliphatic rings. The highest BCUT2D eigenvalue weighted by Crippen LogP contribution is 2.43. The lowest BCUT2D eigenvalue weighted by atomic mass is 9.85. The van der Waals surface area contributed by atoms with Gasteiger partial charge < -0.3 is 14.2 Å². The van der Waals surface area contributed by atoms with Crippen molar-refractivity contribution in [2.75, 3.05) is 34.5 Å². The predicted octanol–water partition coefficient (Wildman–Crippen LogP) is 5.22. The molecule has 2 heterocycles. The maximum Gasteiger partial charge on any atom is 0.161 e.